The first-order chi connectivity index (χ1) is 10.5. The number of phenolic OH excluding ortho intramolecular Hbond substituents is 1. The van der Waals surface area contributed by atoms with Gasteiger partial charge in [0.1, 0.15) is 5.82 Å². The van der Waals surface area contributed by atoms with Gasteiger partial charge in [0.15, 0.2) is 11.5 Å². The molecule has 1 atom stereocenters. The van der Waals surface area contributed by atoms with Gasteiger partial charge in [-0.05, 0) is 31.5 Å². The molecule has 0 saturated heterocycles. The number of aromatic hydroxyl groups is 1. The molecule has 1 aromatic carbocycles. The third-order valence-corrected chi connectivity index (χ3v) is 3.95. The topological polar surface area (TPSA) is 76.4 Å². The van der Waals surface area contributed by atoms with Gasteiger partial charge in [-0.1, -0.05) is 6.07 Å². The summed E-state index contributed by atoms with van der Waals surface area (Å²) in [6.45, 7) is 4.27. The number of hydrogen-bond donors (Lipinski definition) is 2. The maximum Gasteiger partial charge on any atom is 0.226 e. The Balaban J connectivity index is 2.09. The first-order valence-electron chi connectivity index (χ1n) is 7.30. The van der Waals surface area contributed by atoms with Crippen molar-refractivity contribution in [1.82, 2.24) is 9.78 Å². The van der Waals surface area contributed by atoms with E-state index in [0.717, 1.165) is 22.6 Å². The third kappa shape index (κ3) is 2.30. The number of nitrogens with one attached hydrogen (secondary N) is 1. The van der Waals surface area contributed by atoms with Crippen LogP contribution in [-0.4, -0.2) is 27.4 Å². The van der Waals surface area contributed by atoms with Crippen molar-refractivity contribution in [2.45, 2.75) is 26.2 Å². The number of aryl methyl sites for hydroxylation is 2. The fourth-order valence-electron chi connectivity index (χ4n) is 3.01. The maximum atomic E-state index is 12.0. The number of carbonyl (C=O) groups excluding carboxylic acids is 1. The normalized spacial score (nSPS) is 17.0. The van der Waals surface area contributed by atoms with Crippen LogP contribution in [0.1, 0.15) is 36.1 Å². The number of fused-ring (bicyclic) bond motifs is 1. The van der Waals surface area contributed by atoms with Gasteiger partial charge in [0.2, 0.25) is 5.91 Å². The molecule has 3 rings (SSSR count). The summed E-state index contributed by atoms with van der Waals surface area (Å²) in [5.74, 6) is 1.16. The van der Waals surface area contributed by atoms with E-state index in [9.17, 15) is 9.90 Å². The molecular formula is C16H19N3O3. The van der Waals surface area contributed by atoms with Crippen LogP contribution in [-0.2, 0) is 11.8 Å². The monoisotopic (exact) mass is 301 g/mol. The minimum atomic E-state index is -0.0859. The minimum absolute atomic E-state index is 0.0356. The largest absolute Gasteiger partial charge is 0.504 e. The highest BCUT2D eigenvalue weighted by Gasteiger charge is 2.31. The highest BCUT2D eigenvalue weighted by Crippen LogP contribution is 2.41. The molecule has 2 N–H and O–H groups in total. The number of rotatable bonds is 3. The molecule has 0 saturated carbocycles. The smallest absolute Gasteiger partial charge is 0.226 e. The number of benzene rings is 1. The molecule has 1 aromatic heterocycles. The van der Waals surface area contributed by atoms with E-state index in [1.165, 1.54) is 0 Å². The van der Waals surface area contributed by atoms with Crippen LogP contribution in [0, 0.1) is 6.92 Å². The van der Waals surface area contributed by atoms with Crippen molar-refractivity contribution >= 4 is 11.7 Å². The van der Waals surface area contributed by atoms with Gasteiger partial charge in [-0.2, -0.15) is 5.10 Å². The lowest BCUT2D eigenvalue weighted by Crippen LogP contribution is -2.24. The summed E-state index contributed by atoms with van der Waals surface area (Å²) >= 11 is 0. The minimum Gasteiger partial charge on any atom is -0.504 e. The molecule has 116 valence electrons. The van der Waals surface area contributed by atoms with Crippen molar-refractivity contribution in [3.8, 4) is 11.5 Å². The van der Waals surface area contributed by atoms with Gasteiger partial charge in [0.25, 0.3) is 0 Å². The number of ether oxygens (including phenoxy) is 1. The van der Waals surface area contributed by atoms with E-state index in [0.29, 0.717) is 18.8 Å². The molecule has 1 aliphatic heterocycles. The maximum absolute atomic E-state index is 12.0. The molecular weight excluding hydrogens is 282 g/mol. The Hall–Kier alpha value is -2.50. The molecule has 22 heavy (non-hydrogen) atoms. The van der Waals surface area contributed by atoms with E-state index in [1.807, 2.05) is 27.0 Å². The number of aromatic nitrogens is 2. The predicted octanol–water partition coefficient (Wildman–Crippen LogP) is 2.31. The molecule has 1 amide bonds. The van der Waals surface area contributed by atoms with Crippen LogP contribution >= 0.6 is 0 Å². The van der Waals surface area contributed by atoms with Crippen molar-refractivity contribution in [2.75, 3.05) is 11.9 Å². The van der Waals surface area contributed by atoms with Gasteiger partial charge < -0.3 is 15.2 Å². The second-order valence-electron chi connectivity index (χ2n) is 5.44. The number of nitrogens with zero attached hydrogens (tertiary/aromatic N) is 2. The SMILES string of the molecule is CCOc1cc(C2CC(=O)Nc3c2c(C)nn3C)ccc1O. The van der Waals surface area contributed by atoms with Crippen LogP contribution in [0.5, 0.6) is 11.5 Å². The van der Waals surface area contributed by atoms with E-state index in [-0.39, 0.29) is 17.6 Å². The molecule has 2 heterocycles. The van der Waals surface area contributed by atoms with Crippen molar-refractivity contribution in [2.24, 2.45) is 7.05 Å². The van der Waals surface area contributed by atoms with Crippen LogP contribution < -0.4 is 10.1 Å². The Bertz CT molecular complexity index is 736. The van der Waals surface area contributed by atoms with Crippen LogP contribution in [0.3, 0.4) is 0 Å². The second kappa shape index (κ2) is 5.36. The number of phenols is 1. The molecule has 0 spiro atoms. The summed E-state index contributed by atoms with van der Waals surface area (Å²) in [5.41, 5.74) is 2.86. The van der Waals surface area contributed by atoms with Gasteiger partial charge in [0.05, 0.1) is 12.3 Å². The lowest BCUT2D eigenvalue weighted by atomic mass is 9.85. The second-order valence-corrected chi connectivity index (χ2v) is 5.44. The fraction of sp³-hybridized carbons (Fsp3) is 0.375. The Morgan fingerprint density at radius 3 is 3.00 bits per heavy atom. The zero-order valence-corrected chi connectivity index (χ0v) is 12.9. The number of carbonyl (C=O) groups is 1. The van der Waals surface area contributed by atoms with Gasteiger partial charge >= 0.3 is 0 Å². The summed E-state index contributed by atoms with van der Waals surface area (Å²) in [6, 6.07) is 5.24. The van der Waals surface area contributed by atoms with Gasteiger partial charge in [0, 0.05) is 24.9 Å². The molecule has 0 bridgehead atoms. The quantitative estimate of drug-likeness (QED) is 0.912. The third-order valence-electron chi connectivity index (χ3n) is 3.95. The zero-order chi connectivity index (χ0) is 15.9. The summed E-state index contributed by atoms with van der Waals surface area (Å²) in [4.78, 5) is 12.0. The van der Waals surface area contributed by atoms with Crippen molar-refractivity contribution in [3.05, 3.63) is 35.0 Å². The molecule has 0 radical (unpaired) electrons. The van der Waals surface area contributed by atoms with Crippen LogP contribution in [0.15, 0.2) is 18.2 Å². The number of hydrogen-bond acceptors (Lipinski definition) is 4. The van der Waals surface area contributed by atoms with Crippen LogP contribution in [0.25, 0.3) is 0 Å². The molecule has 6 heteroatoms. The first kappa shape index (κ1) is 14.4. The summed E-state index contributed by atoms with van der Waals surface area (Å²) in [5, 5.41) is 17.1. The molecule has 2 aromatic rings. The lowest BCUT2D eigenvalue weighted by Gasteiger charge is -2.24. The van der Waals surface area contributed by atoms with Crippen molar-refractivity contribution in [1.29, 1.82) is 0 Å². The average molecular weight is 301 g/mol. The van der Waals surface area contributed by atoms with E-state index in [4.69, 9.17) is 4.74 Å². The highest BCUT2D eigenvalue weighted by atomic mass is 16.5. The van der Waals surface area contributed by atoms with Gasteiger partial charge in [-0.25, -0.2) is 0 Å². The Kier molecular flexibility index (Phi) is 3.52. The molecule has 0 fully saturated rings. The average Bonchev–Trinajstić information content (AvgIpc) is 2.76. The van der Waals surface area contributed by atoms with Gasteiger partial charge in [-0.3, -0.25) is 9.48 Å². The summed E-state index contributed by atoms with van der Waals surface area (Å²) in [7, 11) is 1.82. The number of amides is 1. The Morgan fingerprint density at radius 1 is 1.50 bits per heavy atom. The molecule has 1 aliphatic rings. The molecule has 1 unspecified atom stereocenters. The van der Waals surface area contributed by atoms with Gasteiger partial charge in [-0.15, -0.1) is 0 Å². The van der Waals surface area contributed by atoms with Crippen LogP contribution in [0.2, 0.25) is 0 Å². The first-order valence-corrected chi connectivity index (χ1v) is 7.30. The Labute approximate surface area is 128 Å². The highest BCUT2D eigenvalue weighted by molar-refractivity contribution is 5.94. The van der Waals surface area contributed by atoms with Crippen molar-refractivity contribution < 1.29 is 14.6 Å². The summed E-state index contributed by atoms with van der Waals surface area (Å²) in [6.07, 6.45) is 0.357. The summed E-state index contributed by atoms with van der Waals surface area (Å²) < 4.78 is 7.14. The van der Waals surface area contributed by atoms with E-state index >= 15 is 0 Å². The lowest BCUT2D eigenvalue weighted by molar-refractivity contribution is -0.116. The van der Waals surface area contributed by atoms with Crippen LogP contribution in [0.4, 0.5) is 5.82 Å². The molecule has 0 aliphatic carbocycles. The zero-order valence-electron chi connectivity index (χ0n) is 12.9. The number of anilines is 1. The predicted molar refractivity (Wildman–Crippen MR) is 82.3 cm³/mol. The Morgan fingerprint density at radius 2 is 2.27 bits per heavy atom. The fourth-order valence-corrected chi connectivity index (χ4v) is 3.01. The van der Waals surface area contributed by atoms with Crippen molar-refractivity contribution in [3.63, 3.8) is 0 Å². The van der Waals surface area contributed by atoms with E-state index in [1.54, 1.807) is 16.8 Å². The molecule has 6 nitrogen and oxygen atoms in total. The standard InChI is InChI=1S/C16H19N3O3/c1-4-22-13-7-10(5-6-12(13)20)11-8-14(21)17-16-15(11)9(2)18-19(16)3/h5-7,11,20H,4,8H2,1-3H3,(H,17,21). The van der Waals surface area contributed by atoms with E-state index in [2.05, 4.69) is 10.4 Å². The van der Waals surface area contributed by atoms with E-state index < -0.39 is 0 Å².